The molecule has 144 valence electrons. The number of benzene rings is 1. The number of aromatic nitrogens is 1. The van der Waals surface area contributed by atoms with E-state index >= 15 is 0 Å². The summed E-state index contributed by atoms with van der Waals surface area (Å²) in [5, 5.41) is 3.10. The molecule has 3 rings (SSSR count). The van der Waals surface area contributed by atoms with Gasteiger partial charge < -0.3 is 15.0 Å². The lowest BCUT2D eigenvalue weighted by Gasteiger charge is -2.27. The van der Waals surface area contributed by atoms with E-state index < -0.39 is 0 Å². The molecule has 1 aromatic heterocycles. The van der Waals surface area contributed by atoms with Gasteiger partial charge in [-0.15, -0.1) is 0 Å². The summed E-state index contributed by atoms with van der Waals surface area (Å²) in [5.41, 5.74) is 2.08. The molecule has 0 unspecified atom stereocenters. The van der Waals surface area contributed by atoms with Crippen molar-refractivity contribution >= 4 is 11.7 Å². The molecule has 1 aliphatic rings. The van der Waals surface area contributed by atoms with Crippen molar-refractivity contribution in [3.8, 4) is 0 Å². The summed E-state index contributed by atoms with van der Waals surface area (Å²) in [6, 6.07) is 14.1. The molecule has 1 N–H and O–H groups in total. The van der Waals surface area contributed by atoms with E-state index in [-0.39, 0.29) is 17.7 Å². The van der Waals surface area contributed by atoms with Gasteiger partial charge >= 0.3 is 0 Å². The van der Waals surface area contributed by atoms with Crippen molar-refractivity contribution in [1.29, 1.82) is 0 Å². The van der Waals surface area contributed by atoms with E-state index in [1.54, 1.807) is 0 Å². The first-order valence-corrected chi connectivity index (χ1v) is 9.79. The van der Waals surface area contributed by atoms with Gasteiger partial charge in [-0.25, -0.2) is 4.98 Å². The Balaban J connectivity index is 1.61. The van der Waals surface area contributed by atoms with E-state index in [2.05, 4.69) is 29.0 Å². The summed E-state index contributed by atoms with van der Waals surface area (Å²) in [6.07, 6.45) is 2.81. The predicted molar refractivity (Wildman–Crippen MR) is 108 cm³/mol. The minimum Gasteiger partial charge on any atom is -0.378 e. The van der Waals surface area contributed by atoms with Gasteiger partial charge in [0.1, 0.15) is 5.82 Å². The Morgan fingerprint density at radius 1 is 1.19 bits per heavy atom. The number of carbonyl (C=O) groups is 1. The topological polar surface area (TPSA) is 54.5 Å². The van der Waals surface area contributed by atoms with Gasteiger partial charge in [0, 0.05) is 25.8 Å². The molecule has 2 atom stereocenters. The normalized spacial score (nSPS) is 16.6. The van der Waals surface area contributed by atoms with Crippen LogP contribution in [-0.2, 0) is 16.1 Å². The van der Waals surface area contributed by atoms with Crippen molar-refractivity contribution in [2.24, 2.45) is 5.92 Å². The number of hydrogen-bond donors (Lipinski definition) is 1. The van der Waals surface area contributed by atoms with Crippen LogP contribution in [0.5, 0.6) is 0 Å². The number of nitrogens with zero attached hydrogens (tertiary/aromatic N) is 2. The third kappa shape index (κ3) is 5.07. The minimum absolute atomic E-state index is 0.0767. The van der Waals surface area contributed by atoms with Crippen molar-refractivity contribution < 1.29 is 9.53 Å². The Kier molecular flexibility index (Phi) is 6.82. The molecule has 5 heteroatoms. The second kappa shape index (κ2) is 9.51. The summed E-state index contributed by atoms with van der Waals surface area (Å²) >= 11 is 0. The first-order valence-electron chi connectivity index (χ1n) is 9.79. The lowest BCUT2D eigenvalue weighted by Crippen LogP contribution is -2.36. The monoisotopic (exact) mass is 367 g/mol. The van der Waals surface area contributed by atoms with Crippen molar-refractivity contribution in [1.82, 2.24) is 10.3 Å². The molecule has 2 heterocycles. The molecule has 0 aliphatic carbocycles. The quantitative estimate of drug-likeness (QED) is 0.815. The van der Waals surface area contributed by atoms with Crippen LogP contribution in [0, 0.1) is 5.92 Å². The van der Waals surface area contributed by atoms with Crippen LogP contribution in [-0.4, -0.2) is 37.2 Å². The lowest BCUT2D eigenvalue weighted by atomic mass is 9.85. The summed E-state index contributed by atoms with van der Waals surface area (Å²) in [5.74, 6) is 1.20. The number of rotatable bonds is 7. The Morgan fingerprint density at radius 2 is 1.93 bits per heavy atom. The zero-order chi connectivity index (χ0) is 19.1. The zero-order valence-electron chi connectivity index (χ0n) is 16.2. The summed E-state index contributed by atoms with van der Waals surface area (Å²) in [7, 11) is 0. The Morgan fingerprint density at radius 3 is 2.56 bits per heavy atom. The maximum atomic E-state index is 12.9. The van der Waals surface area contributed by atoms with Crippen LogP contribution >= 0.6 is 0 Å². The summed E-state index contributed by atoms with van der Waals surface area (Å²) in [6.45, 7) is 7.99. The van der Waals surface area contributed by atoms with Gasteiger partial charge in [-0.05, 0) is 23.1 Å². The highest BCUT2D eigenvalue weighted by atomic mass is 16.5. The van der Waals surface area contributed by atoms with Gasteiger partial charge in [-0.3, -0.25) is 4.79 Å². The number of anilines is 1. The molecule has 2 aromatic rings. The largest absolute Gasteiger partial charge is 0.378 e. The highest BCUT2D eigenvalue weighted by Crippen LogP contribution is 2.27. The van der Waals surface area contributed by atoms with Gasteiger partial charge in [0.2, 0.25) is 5.91 Å². The van der Waals surface area contributed by atoms with Crippen molar-refractivity contribution in [3.05, 3.63) is 59.8 Å². The minimum atomic E-state index is -0.128. The molecule has 0 radical (unpaired) electrons. The summed E-state index contributed by atoms with van der Waals surface area (Å²) < 4.78 is 5.38. The lowest BCUT2D eigenvalue weighted by molar-refractivity contribution is -0.123. The van der Waals surface area contributed by atoms with Gasteiger partial charge in [0.05, 0.1) is 19.1 Å². The van der Waals surface area contributed by atoms with Gasteiger partial charge in [0.15, 0.2) is 0 Å². The van der Waals surface area contributed by atoms with Crippen molar-refractivity contribution in [2.45, 2.75) is 32.7 Å². The van der Waals surface area contributed by atoms with Gasteiger partial charge in [-0.2, -0.15) is 0 Å². The predicted octanol–water partition coefficient (Wildman–Crippen LogP) is 3.36. The molecule has 1 aliphatic heterocycles. The smallest absolute Gasteiger partial charge is 0.228 e. The van der Waals surface area contributed by atoms with Crippen LogP contribution in [0.3, 0.4) is 0 Å². The van der Waals surface area contributed by atoms with E-state index in [1.165, 1.54) is 0 Å². The number of nitrogens with one attached hydrogen (secondary N) is 1. The fraction of sp³-hybridized carbons (Fsp3) is 0.455. The molecule has 5 nitrogen and oxygen atoms in total. The molecule has 1 amide bonds. The van der Waals surface area contributed by atoms with E-state index in [0.29, 0.717) is 6.54 Å². The maximum Gasteiger partial charge on any atom is 0.228 e. The van der Waals surface area contributed by atoms with Crippen molar-refractivity contribution in [2.75, 3.05) is 31.2 Å². The Hall–Kier alpha value is -2.40. The Bertz CT molecular complexity index is 712. The summed E-state index contributed by atoms with van der Waals surface area (Å²) in [4.78, 5) is 19.7. The third-order valence-corrected chi connectivity index (χ3v) is 5.27. The molecule has 0 saturated carbocycles. The molecular formula is C22H29N3O2. The van der Waals surface area contributed by atoms with Crippen LogP contribution in [0.4, 0.5) is 5.82 Å². The third-order valence-electron chi connectivity index (χ3n) is 5.27. The maximum absolute atomic E-state index is 12.9. The van der Waals surface area contributed by atoms with Crippen LogP contribution in [0.1, 0.15) is 37.3 Å². The number of pyridine rings is 1. The zero-order valence-corrected chi connectivity index (χ0v) is 16.2. The molecule has 1 saturated heterocycles. The van der Waals surface area contributed by atoms with Crippen LogP contribution in [0.25, 0.3) is 0 Å². The van der Waals surface area contributed by atoms with Gasteiger partial charge in [0.25, 0.3) is 0 Å². The molecule has 1 aromatic carbocycles. The molecular weight excluding hydrogens is 338 g/mol. The van der Waals surface area contributed by atoms with E-state index in [4.69, 9.17) is 4.74 Å². The molecule has 0 bridgehead atoms. The fourth-order valence-corrected chi connectivity index (χ4v) is 3.43. The molecule has 27 heavy (non-hydrogen) atoms. The number of morpholine rings is 1. The number of carbonyl (C=O) groups excluding carboxylic acids is 1. The first-order chi connectivity index (χ1) is 13.2. The second-order valence-corrected chi connectivity index (χ2v) is 7.12. The highest BCUT2D eigenvalue weighted by Gasteiger charge is 2.25. The molecule has 0 spiro atoms. The number of ether oxygens (including phenoxy) is 1. The van der Waals surface area contributed by atoms with E-state index in [1.807, 2.05) is 48.7 Å². The van der Waals surface area contributed by atoms with Crippen LogP contribution < -0.4 is 10.2 Å². The van der Waals surface area contributed by atoms with E-state index in [0.717, 1.165) is 49.7 Å². The SMILES string of the molecule is CC[C@H](C)[C@H](C(=O)NCc1ccc(N2CCOCC2)nc1)c1ccccc1. The Labute approximate surface area is 161 Å². The second-order valence-electron chi connectivity index (χ2n) is 7.12. The van der Waals surface area contributed by atoms with E-state index in [9.17, 15) is 4.79 Å². The van der Waals surface area contributed by atoms with Gasteiger partial charge in [-0.1, -0.05) is 56.7 Å². The van der Waals surface area contributed by atoms with Crippen molar-refractivity contribution in [3.63, 3.8) is 0 Å². The first kappa shape index (κ1) is 19.4. The fourth-order valence-electron chi connectivity index (χ4n) is 3.43. The average Bonchev–Trinajstić information content (AvgIpc) is 2.74. The van der Waals surface area contributed by atoms with Crippen LogP contribution in [0.2, 0.25) is 0 Å². The standard InChI is InChI=1S/C22H29N3O2/c1-3-17(2)21(19-7-5-4-6-8-19)22(26)24-16-18-9-10-20(23-15-18)25-11-13-27-14-12-25/h4-10,15,17,21H,3,11-14,16H2,1-2H3,(H,24,26)/t17-,21-/m0/s1. The average molecular weight is 367 g/mol. The highest BCUT2D eigenvalue weighted by molar-refractivity contribution is 5.83. The van der Waals surface area contributed by atoms with Crippen LogP contribution in [0.15, 0.2) is 48.7 Å². The molecule has 1 fully saturated rings. The number of hydrogen-bond acceptors (Lipinski definition) is 4. The number of amides is 1.